The van der Waals surface area contributed by atoms with Gasteiger partial charge < -0.3 is 20.4 Å². The topological polar surface area (TPSA) is 117 Å². The average molecular weight is 329 g/mol. The fraction of sp³-hybridized carbons (Fsp3) is 0.125. The molecule has 0 saturated heterocycles. The first-order chi connectivity index (χ1) is 11.5. The quantitative estimate of drug-likeness (QED) is 0.692. The third-order valence-corrected chi connectivity index (χ3v) is 3.03. The Hall–Kier alpha value is -3.42. The van der Waals surface area contributed by atoms with Gasteiger partial charge in [-0.05, 0) is 36.4 Å². The lowest BCUT2D eigenvalue weighted by molar-refractivity contribution is -0.119. The molecule has 0 aliphatic rings. The number of carbonyl (C=O) groups excluding carboxylic acids is 3. The van der Waals surface area contributed by atoms with Gasteiger partial charge in [0.2, 0.25) is 0 Å². The van der Waals surface area contributed by atoms with Crippen LogP contribution in [-0.4, -0.2) is 36.4 Å². The van der Waals surface area contributed by atoms with Crippen LogP contribution >= 0.6 is 0 Å². The summed E-state index contributed by atoms with van der Waals surface area (Å²) >= 11 is 0. The van der Waals surface area contributed by atoms with Crippen molar-refractivity contribution in [3.63, 3.8) is 0 Å². The molecule has 1 aromatic carbocycles. The summed E-state index contributed by atoms with van der Waals surface area (Å²) in [7, 11) is 1.52. The van der Waals surface area contributed by atoms with Crippen LogP contribution in [0, 0.1) is 0 Å². The molecule has 0 saturated carbocycles. The lowest BCUT2D eigenvalue weighted by Gasteiger charge is -2.07. The SMILES string of the molecule is CNC(=O)c1ccc(NC(=O)COC(=O)c2ccc[nH]c2=O)cc1. The molecule has 0 atom stereocenters. The summed E-state index contributed by atoms with van der Waals surface area (Å²) in [4.78, 5) is 48.6. The number of carbonyl (C=O) groups is 3. The Kier molecular flexibility index (Phi) is 5.45. The van der Waals surface area contributed by atoms with Crippen molar-refractivity contribution in [2.45, 2.75) is 0 Å². The molecule has 124 valence electrons. The van der Waals surface area contributed by atoms with Crippen molar-refractivity contribution in [3.8, 4) is 0 Å². The number of pyridine rings is 1. The number of aromatic nitrogens is 1. The molecule has 2 aromatic rings. The maximum Gasteiger partial charge on any atom is 0.344 e. The molecule has 1 aromatic heterocycles. The predicted molar refractivity (Wildman–Crippen MR) is 85.8 cm³/mol. The zero-order valence-corrected chi connectivity index (χ0v) is 12.8. The van der Waals surface area contributed by atoms with Crippen molar-refractivity contribution < 1.29 is 19.1 Å². The van der Waals surface area contributed by atoms with E-state index in [1.54, 1.807) is 24.3 Å². The number of benzene rings is 1. The van der Waals surface area contributed by atoms with Crippen molar-refractivity contribution in [3.05, 3.63) is 64.1 Å². The molecule has 0 spiro atoms. The molecular formula is C16H15N3O5. The van der Waals surface area contributed by atoms with Gasteiger partial charge >= 0.3 is 5.97 Å². The second kappa shape index (κ2) is 7.73. The van der Waals surface area contributed by atoms with Crippen LogP contribution in [0.3, 0.4) is 0 Å². The predicted octanol–water partition coefficient (Wildman–Crippen LogP) is 0.530. The van der Waals surface area contributed by atoms with Gasteiger partial charge in [0.1, 0.15) is 5.56 Å². The zero-order valence-electron chi connectivity index (χ0n) is 12.8. The molecule has 1 heterocycles. The molecule has 0 fully saturated rings. The average Bonchev–Trinajstić information content (AvgIpc) is 2.60. The van der Waals surface area contributed by atoms with Crippen LogP contribution in [0.15, 0.2) is 47.4 Å². The number of hydrogen-bond acceptors (Lipinski definition) is 5. The Morgan fingerprint density at radius 3 is 2.46 bits per heavy atom. The summed E-state index contributed by atoms with van der Waals surface area (Å²) in [5.74, 6) is -1.69. The first-order valence-corrected chi connectivity index (χ1v) is 6.98. The number of esters is 1. The van der Waals surface area contributed by atoms with E-state index in [1.807, 2.05) is 0 Å². The normalized spacial score (nSPS) is 9.88. The summed E-state index contributed by atoms with van der Waals surface area (Å²) in [6.45, 7) is -0.537. The Labute approximate surface area is 136 Å². The minimum absolute atomic E-state index is 0.180. The monoisotopic (exact) mass is 329 g/mol. The van der Waals surface area contributed by atoms with E-state index < -0.39 is 24.0 Å². The lowest BCUT2D eigenvalue weighted by Crippen LogP contribution is -2.24. The smallest absolute Gasteiger partial charge is 0.344 e. The fourth-order valence-corrected chi connectivity index (χ4v) is 1.84. The van der Waals surface area contributed by atoms with E-state index in [0.29, 0.717) is 11.3 Å². The highest BCUT2D eigenvalue weighted by atomic mass is 16.5. The standard InChI is InChI=1S/C16H15N3O5/c1-17-14(21)10-4-6-11(7-5-10)19-13(20)9-24-16(23)12-3-2-8-18-15(12)22/h2-8H,9H2,1H3,(H,17,21)(H,18,22)(H,19,20). The van der Waals surface area contributed by atoms with Crippen LogP contribution in [-0.2, 0) is 9.53 Å². The largest absolute Gasteiger partial charge is 0.452 e. The zero-order chi connectivity index (χ0) is 17.5. The Balaban J connectivity index is 1.89. The van der Waals surface area contributed by atoms with Crippen molar-refractivity contribution in [2.24, 2.45) is 0 Å². The summed E-state index contributed by atoms with van der Waals surface area (Å²) in [5.41, 5.74) is 0.124. The van der Waals surface area contributed by atoms with Gasteiger partial charge in [0.15, 0.2) is 6.61 Å². The summed E-state index contributed by atoms with van der Waals surface area (Å²) < 4.78 is 4.79. The van der Waals surface area contributed by atoms with E-state index in [-0.39, 0.29) is 11.5 Å². The van der Waals surface area contributed by atoms with Crippen LogP contribution < -0.4 is 16.2 Å². The van der Waals surface area contributed by atoms with Crippen molar-refractivity contribution in [1.29, 1.82) is 0 Å². The fourth-order valence-electron chi connectivity index (χ4n) is 1.84. The first kappa shape index (κ1) is 16.9. The molecule has 24 heavy (non-hydrogen) atoms. The van der Waals surface area contributed by atoms with Crippen LogP contribution in [0.25, 0.3) is 0 Å². The van der Waals surface area contributed by atoms with Crippen molar-refractivity contribution in [2.75, 3.05) is 19.0 Å². The van der Waals surface area contributed by atoms with E-state index in [1.165, 1.54) is 25.4 Å². The van der Waals surface area contributed by atoms with Gasteiger partial charge in [-0.25, -0.2) is 4.79 Å². The third kappa shape index (κ3) is 4.29. The van der Waals surface area contributed by atoms with E-state index in [9.17, 15) is 19.2 Å². The highest BCUT2D eigenvalue weighted by Gasteiger charge is 2.13. The van der Waals surface area contributed by atoms with Gasteiger partial charge in [-0.15, -0.1) is 0 Å². The first-order valence-electron chi connectivity index (χ1n) is 6.98. The molecule has 0 unspecified atom stereocenters. The second-order valence-corrected chi connectivity index (χ2v) is 4.69. The van der Waals surface area contributed by atoms with Crippen LogP contribution in [0.5, 0.6) is 0 Å². The maximum atomic E-state index is 11.8. The van der Waals surface area contributed by atoms with Crippen LogP contribution in [0.2, 0.25) is 0 Å². The van der Waals surface area contributed by atoms with Crippen LogP contribution in [0.4, 0.5) is 5.69 Å². The molecular weight excluding hydrogens is 314 g/mol. The molecule has 2 amide bonds. The van der Waals surface area contributed by atoms with Crippen molar-refractivity contribution in [1.82, 2.24) is 10.3 Å². The molecule has 0 aliphatic carbocycles. The number of anilines is 1. The number of ether oxygens (including phenoxy) is 1. The van der Waals surface area contributed by atoms with E-state index in [4.69, 9.17) is 4.74 Å². The minimum atomic E-state index is -0.887. The Morgan fingerprint density at radius 2 is 1.83 bits per heavy atom. The highest BCUT2D eigenvalue weighted by Crippen LogP contribution is 2.09. The van der Waals surface area contributed by atoms with Gasteiger partial charge in [0, 0.05) is 24.5 Å². The molecule has 3 N–H and O–H groups in total. The lowest BCUT2D eigenvalue weighted by atomic mass is 10.2. The molecule has 8 nitrogen and oxygen atoms in total. The Bertz CT molecular complexity index is 811. The van der Waals surface area contributed by atoms with Crippen molar-refractivity contribution >= 4 is 23.5 Å². The van der Waals surface area contributed by atoms with E-state index in [2.05, 4.69) is 15.6 Å². The summed E-state index contributed by atoms with van der Waals surface area (Å²) in [6, 6.07) is 8.97. The van der Waals surface area contributed by atoms with Crippen LogP contribution in [0.1, 0.15) is 20.7 Å². The number of nitrogens with one attached hydrogen (secondary N) is 3. The molecule has 2 rings (SSSR count). The highest BCUT2D eigenvalue weighted by molar-refractivity contribution is 5.97. The van der Waals surface area contributed by atoms with Gasteiger partial charge in [-0.3, -0.25) is 14.4 Å². The molecule has 8 heteroatoms. The number of rotatable bonds is 5. The number of amides is 2. The molecule has 0 radical (unpaired) electrons. The van der Waals surface area contributed by atoms with Gasteiger partial charge in [-0.1, -0.05) is 0 Å². The Morgan fingerprint density at radius 1 is 1.12 bits per heavy atom. The van der Waals surface area contributed by atoms with E-state index >= 15 is 0 Å². The number of hydrogen-bond donors (Lipinski definition) is 3. The molecule has 0 aliphatic heterocycles. The van der Waals surface area contributed by atoms with Gasteiger partial charge in [0.25, 0.3) is 17.4 Å². The third-order valence-electron chi connectivity index (χ3n) is 3.03. The second-order valence-electron chi connectivity index (χ2n) is 4.69. The molecule has 0 bridgehead atoms. The number of H-pyrrole nitrogens is 1. The van der Waals surface area contributed by atoms with Gasteiger partial charge in [0.05, 0.1) is 0 Å². The summed E-state index contributed by atoms with van der Waals surface area (Å²) in [5, 5.41) is 5.00. The maximum absolute atomic E-state index is 11.8. The summed E-state index contributed by atoms with van der Waals surface area (Å²) in [6.07, 6.45) is 1.38. The minimum Gasteiger partial charge on any atom is -0.452 e. The number of aromatic amines is 1. The van der Waals surface area contributed by atoms with E-state index in [0.717, 1.165) is 0 Å². The van der Waals surface area contributed by atoms with Gasteiger partial charge in [-0.2, -0.15) is 0 Å².